The Morgan fingerprint density at radius 1 is 1.55 bits per heavy atom. The highest BCUT2D eigenvalue weighted by atomic mass is 16.2. The third kappa shape index (κ3) is 1.73. The van der Waals surface area contributed by atoms with E-state index in [0.717, 1.165) is 19.6 Å². The molecule has 2 amide bonds. The molecule has 0 aromatic heterocycles. The van der Waals surface area contributed by atoms with Crippen LogP contribution in [0.1, 0.15) is 6.92 Å². The number of allylic oxidation sites excluding steroid dienone is 1. The molecule has 0 radical (unpaired) electrons. The van der Waals surface area contributed by atoms with Crippen LogP contribution < -0.4 is 0 Å². The zero-order valence-electron chi connectivity index (χ0n) is 7.08. The Morgan fingerprint density at radius 2 is 2.27 bits per heavy atom. The molecule has 0 aromatic rings. The summed E-state index contributed by atoms with van der Waals surface area (Å²) >= 11 is 0. The van der Waals surface area contributed by atoms with Crippen molar-refractivity contribution in [1.29, 1.82) is 0 Å². The Balaban J connectivity index is 2.42. The van der Waals surface area contributed by atoms with E-state index in [4.69, 9.17) is 0 Å². The number of nitrogens with zero attached hydrogens (tertiary/aromatic N) is 2. The second-order valence-electron chi connectivity index (χ2n) is 2.72. The van der Waals surface area contributed by atoms with E-state index in [1.165, 1.54) is 0 Å². The van der Waals surface area contributed by atoms with Gasteiger partial charge in [0.05, 0.1) is 0 Å². The van der Waals surface area contributed by atoms with E-state index in [-0.39, 0.29) is 6.03 Å². The molecule has 0 N–H and O–H groups in total. The first kappa shape index (κ1) is 8.11. The lowest BCUT2D eigenvalue weighted by Crippen LogP contribution is -2.29. The zero-order chi connectivity index (χ0) is 8.27. The van der Waals surface area contributed by atoms with Crippen molar-refractivity contribution in [2.24, 2.45) is 0 Å². The SMILES string of the molecule is C/C=C/CN1CCN(C)C1=O. The van der Waals surface area contributed by atoms with Gasteiger partial charge >= 0.3 is 6.03 Å². The van der Waals surface area contributed by atoms with Gasteiger partial charge in [0.25, 0.3) is 0 Å². The molecule has 3 heteroatoms. The lowest BCUT2D eigenvalue weighted by Gasteiger charge is -2.12. The van der Waals surface area contributed by atoms with Crippen LogP contribution in [-0.4, -0.2) is 42.5 Å². The van der Waals surface area contributed by atoms with Gasteiger partial charge < -0.3 is 9.80 Å². The van der Waals surface area contributed by atoms with Gasteiger partial charge in [0.1, 0.15) is 0 Å². The Bertz CT molecular complexity index is 177. The summed E-state index contributed by atoms with van der Waals surface area (Å²) in [7, 11) is 1.83. The molecule has 0 aromatic carbocycles. The van der Waals surface area contributed by atoms with Gasteiger partial charge in [-0.1, -0.05) is 12.2 Å². The van der Waals surface area contributed by atoms with E-state index in [9.17, 15) is 4.79 Å². The number of carbonyl (C=O) groups is 1. The number of hydrogen-bond acceptors (Lipinski definition) is 1. The van der Waals surface area contributed by atoms with Crippen LogP contribution in [0.2, 0.25) is 0 Å². The monoisotopic (exact) mass is 154 g/mol. The topological polar surface area (TPSA) is 23.6 Å². The molecule has 1 aliphatic rings. The van der Waals surface area contributed by atoms with Gasteiger partial charge in [-0.05, 0) is 6.92 Å². The average molecular weight is 154 g/mol. The van der Waals surface area contributed by atoms with Crippen molar-refractivity contribution in [3.8, 4) is 0 Å². The lowest BCUT2D eigenvalue weighted by molar-refractivity contribution is 0.202. The number of amides is 2. The minimum Gasteiger partial charge on any atom is -0.326 e. The second-order valence-corrected chi connectivity index (χ2v) is 2.72. The first-order valence-corrected chi connectivity index (χ1v) is 3.87. The van der Waals surface area contributed by atoms with Crippen molar-refractivity contribution in [2.75, 3.05) is 26.7 Å². The van der Waals surface area contributed by atoms with Crippen molar-refractivity contribution in [2.45, 2.75) is 6.92 Å². The maximum Gasteiger partial charge on any atom is 0.320 e. The molecular formula is C8H14N2O. The number of urea groups is 1. The molecule has 1 fully saturated rings. The van der Waals surface area contributed by atoms with Crippen molar-refractivity contribution < 1.29 is 4.79 Å². The molecular weight excluding hydrogens is 140 g/mol. The lowest BCUT2D eigenvalue weighted by atomic mass is 10.5. The van der Waals surface area contributed by atoms with Crippen LogP contribution in [0.25, 0.3) is 0 Å². The highest BCUT2D eigenvalue weighted by Crippen LogP contribution is 2.04. The van der Waals surface area contributed by atoms with Crippen LogP contribution in [0.5, 0.6) is 0 Å². The molecule has 0 aliphatic carbocycles. The third-order valence-electron chi connectivity index (χ3n) is 1.86. The summed E-state index contributed by atoms with van der Waals surface area (Å²) in [6, 6.07) is 0.142. The molecule has 3 nitrogen and oxygen atoms in total. The molecule has 0 saturated carbocycles. The number of likely N-dealkylation sites (N-methyl/N-ethyl adjacent to an activating group) is 1. The molecule has 11 heavy (non-hydrogen) atoms. The quantitative estimate of drug-likeness (QED) is 0.543. The van der Waals surface area contributed by atoms with Gasteiger partial charge in [-0.3, -0.25) is 0 Å². The fraction of sp³-hybridized carbons (Fsp3) is 0.625. The van der Waals surface area contributed by atoms with Crippen molar-refractivity contribution in [3.63, 3.8) is 0 Å². The predicted octanol–water partition coefficient (Wildman–Crippen LogP) is 0.930. The largest absolute Gasteiger partial charge is 0.326 e. The fourth-order valence-electron chi connectivity index (χ4n) is 1.11. The maximum absolute atomic E-state index is 11.2. The Kier molecular flexibility index (Phi) is 2.52. The summed E-state index contributed by atoms with van der Waals surface area (Å²) in [5.41, 5.74) is 0. The first-order chi connectivity index (χ1) is 5.25. The van der Waals surface area contributed by atoms with Gasteiger partial charge in [0.15, 0.2) is 0 Å². The van der Waals surface area contributed by atoms with Crippen LogP contribution in [0.4, 0.5) is 4.79 Å². The van der Waals surface area contributed by atoms with Crippen molar-refractivity contribution >= 4 is 6.03 Å². The second kappa shape index (κ2) is 3.42. The normalized spacial score (nSPS) is 18.9. The molecule has 0 unspecified atom stereocenters. The average Bonchev–Trinajstić information content (AvgIpc) is 2.31. The van der Waals surface area contributed by atoms with Gasteiger partial charge in [0, 0.05) is 26.7 Å². The van der Waals surface area contributed by atoms with Gasteiger partial charge in [-0.15, -0.1) is 0 Å². The summed E-state index contributed by atoms with van der Waals surface area (Å²) in [6.45, 7) is 4.43. The number of rotatable bonds is 2. The zero-order valence-corrected chi connectivity index (χ0v) is 7.08. The van der Waals surface area contributed by atoms with Gasteiger partial charge in [-0.25, -0.2) is 4.79 Å². The standard InChI is InChI=1S/C8H14N2O/c1-3-4-5-10-7-6-9(2)8(10)11/h3-4H,5-7H2,1-2H3/b4-3+. The molecule has 1 aliphatic heterocycles. The molecule has 1 rings (SSSR count). The molecule has 0 bridgehead atoms. The summed E-state index contributed by atoms with van der Waals surface area (Å²) in [5, 5.41) is 0. The maximum atomic E-state index is 11.2. The molecule has 0 atom stereocenters. The van der Waals surface area contributed by atoms with E-state index in [1.54, 1.807) is 4.90 Å². The first-order valence-electron chi connectivity index (χ1n) is 3.87. The highest BCUT2D eigenvalue weighted by Gasteiger charge is 2.23. The third-order valence-corrected chi connectivity index (χ3v) is 1.86. The Hall–Kier alpha value is -0.990. The summed E-state index contributed by atoms with van der Waals surface area (Å²) in [4.78, 5) is 14.8. The fourth-order valence-corrected chi connectivity index (χ4v) is 1.11. The summed E-state index contributed by atoms with van der Waals surface area (Å²) in [5.74, 6) is 0. The van der Waals surface area contributed by atoms with E-state index in [0.29, 0.717) is 0 Å². The molecule has 1 heterocycles. The van der Waals surface area contributed by atoms with Gasteiger partial charge in [-0.2, -0.15) is 0 Å². The van der Waals surface area contributed by atoms with Crippen LogP contribution in [0.15, 0.2) is 12.2 Å². The number of carbonyl (C=O) groups excluding carboxylic acids is 1. The van der Waals surface area contributed by atoms with E-state index in [1.807, 2.05) is 31.0 Å². The molecule has 0 spiro atoms. The summed E-state index contributed by atoms with van der Waals surface area (Å²) < 4.78 is 0. The van der Waals surface area contributed by atoms with Gasteiger partial charge in [0.2, 0.25) is 0 Å². The van der Waals surface area contributed by atoms with Crippen molar-refractivity contribution in [3.05, 3.63) is 12.2 Å². The summed E-state index contributed by atoms with van der Waals surface area (Å²) in [6.07, 6.45) is 3.96. The Morgan fingerprint density at radius 3 is 2.73 bits per heavy atom. The Labute approximate surface area is 67.3 Å². The minimum atomic E-state index is 0.142. The highest BCUT2D eigenvalue weighted by molar-refractivity contribution is 5.76. The van der Waals surface area contributed by atoms with E-state index >= 15 is 0 Å². The smallest absolute Gasteiger partial charge is 0.320 e. The van der Waals surface area contributed by atoms with Crippen molar-refractivity contribution in [1.82, 2.24) is 9.80 Å². The van der Waals surface area contributed by atoms with E-state index in [2.05, 4.69) is 0 Å². The molecule has 62 valence electrons. The minimum absolute atomic E-state index is 0.142. The molecule has 1 saturated heterocycles. The van der Waals surface area contributed by atoms with Crippen LogP contribution in [0, 0.1) is 0 Å². The van der Waals surface area contributed by atoms with Crippen LogP contribution in [0.3, 0.4) is 0 Å². The van der Waals surface area contributed by atoms with Crippen LogP contribution >= 0.6 is 0 Å². The predicted molar refractivity (Wildman–Crippen MR) is 44.4 cm³/mol. The van der Waals surface area contributed by atoms with E-state index < -0.39 is 0 Å². The van der Waals surface area contributed by atoms with Crippen LogP contribution in [-0.2, 0) is 0 Å². The number of hydrogen-bond donors (Lipinski definition) is 0.